The number of fused-ring (bicyclic) bond motifs is 4. The van der Waals surface area contributed by atoms with Gasteiger partial charge in [0, 0.05) is 13.1 Å². The number of nitrogens with zero attached hydrogens (tertiary/aromatic N) is 3. The number of aromatic nitrogens is 1. The smallest absolute Gasteiger partial charge is 0.157 e. The summed E-state index contributed by atoms with van der Waals surface area (Å²) in [5.41, 5.74) is 2.15. The second-order valence-electron chi connectivity index (χ2n) is 4.26. The molecule has 3 heterocycles. The minimum Gasteiger partial charge on any atom is -0.366 e. The van der Waals surface area contributed by atoms with E-state index >= 15 is 0 Å². The van der Waals surface area contributed by atoms with Gasteiger partial charge < -0.3 is 9.80 Å². The maximum Gasteiger partial charge on any atom is 0.157 e. The summed E-state index contributed by atoms with van der Waals surface area (Å²) in [6.07, 6.45) is 4.87. The third-order valence-corrected chi connectivity index (χ3v) is 3.42. The largest absolute Gasteiger partial charge is 0.366 e. The Morgan fingerprint density at radius 1 is 1.38 bits per heavy atom. The van der Waals surface area contributed by atoms with Crippen molar-refractivity contribution in [1.82, 2.24) is 4.98 Å². The Kier molecular flexibility index (Phi) is 1.99. The lowest BCUT2D eigenvalue weighted by Gasteiger charge is -2.35. The fraction of sp³-hybridized carbons (Fsp3) is 0.308. The third kappa shape index (κ3) is 1.18. The Hall–Kier alpha value is -1.77. The molecule has 1 atom stereocenters. The van der Waals surface area contributed by atoms with E-state index in [1.54, 1.807) is 6.08 Å². The van der Waals surface area contributed by atoms with Crippen LogP contribution in [0.5, 0.6) is 0 Å². The van der Waals surface area contributed by atoms with Crippen LogP contribution in [0.3, 0.4) is 0 Å². The average molecular weight is 213 g/mol. The summed E-state index contributed by atoms with van der Waals surface area (Å²) in [7, 11) is 0. The molecule has 1 saturated heterocycles. The van der Waals surface area contributed by atoms with Gasteiger partial charge in [-0.2, -0.15) is 0 Å². The van der Waals surface area contributed by atoms with Gasteiger partial charge in [0.05, 0.1) is 17.4 Å². The van der Waals surface area contributed by atoms with Gasteiger partial charge >= 0.3 is 0 Å². The van der Waals surface area contributed by atoms with Gasteiger partial charge in [-0.15, -0.1) is 0 Å². The lowest BCUT2D eigenvalue weighted by Crippen LogP contribution is -2.39. The molecule has 0 radical (unpaired) electrons. The van der Waals surface area contributed by atoms with Crippen molar-refractivity contribution in [3.8, 4) is 0 Å². The summed E-state index contributed by atoms with van der Waals surface area (Å²) in [4.78, 5) is 9.22. The quantitative estimate of drug-likeness (QED) is 0.751. The van der Waals surface area contributed by atoms with Crippen molar-refractivity contribution in [3.63, 3.8) is 0 Å². The van der Waals surface area contributed by atoms with Crippen molar-refractivity contribution in [2.45, 2.75) is 12.5 Å². The van der Waals surface area contributed by atoms with Gasteiger partial charge in [-0.1, -0.05) is 13.2 Å². The molecular formula is C13H15N3. The van der Waals surface area contributed by atoms with E-state index in [4.69, 9.17) is 0 Å². The summed E-state index contributed by atoms with van der Waals surface area (Å²) in [5, 5.41) is 0. The van der Waals surface area contributed by atoms with Gasteiger partial charge in [0.1, 0.15) is 0 Å². The summed E-state index contributed by atoms with van der Waals surface area (Å²) >= 11 is 0. The number of anilines is 2. The molecular weight excluding hydrogens is 198 g/mol. The van der Waals surface area contributed by atoms with E-state index in [9.17, 15) is 0 Å². The predicted molar refractivity (Wildman–Crippen MR) is 67.6 cm³/mol. The second kappa shape index (κ2) is 3.37. The molecule has 2 aliphatic rings. The summed E-state index contributed by atoms with van der Waals surface area (Å²) in [6, 6.07) is 4.70. The first kappa shape index (κ1) is 9.46. The number of hydrogen-bond acceptors (Lipinski definition) is 3. The van der Waals surface area contributed by atoms with Crippen LogP contribution in [0.4, 0.5) is 11.5 Å². The van der Waals surface area contributed by atoms with Gasteiger partial charge in [0.15, 0.2) is 5.82 Å². The molecule has 0 amide bonds. The first-order valence-electron chi connectivity index (χ1n) is 5.63. The van der Waals surface area contributed by atoms with Crippen LogP contribution >= 0.6 is 0 Å². The van der Waals surface area contributed by atoms with Crippen molar-refractivity contribution < 1.29 is 0 Å². The van der Waals surface area contributed by atoms with Crippen molar-refractivity contribution >= 4 is 17.6 Å². The predicted octanol–water partition coefficient (Wildman–Crippen LogP) is 2.27. The normalized spacial score (nSPS) is 21.9. The molecule has 2 bridgehead atoms. The van der Waals surface area contributed by atoms with E-state index < -0.39 is 0 Å². The van der Waals surface area contributed by atoms with E-state index in [2.05, 4.69) is 34.0 Å². The Morgan fingerprint density at radius 2 is 2.25 bits per heavy atom. The minimum absolute atomic E-state index is 0.539. The molecule has 3 nitrogen and oxygen atoms in total. The van der Waals surface area contributed by atoms with Gasteiger partial charge in [-0.3, -0.25) is 0 Å². The van der Waals surface area contributed by atoms with Gasteiger partial charge in [0.25, 0.3) is 0 Å². The molecule has 0 unspecified atom stereocenters. The standard InChI is InChI=1S/C13H15N3/c1-3-10-5-6-12-13(14-10)16(4-2)11-7-8-15(12)9-11/h3-6,11H,1-2,7-9H2/t11-/m0/s1. The van der Waals surface area contributed by atoms with Crippen LogP contribution in [0.25, 0.3) is 6.08 Å². The zero-order valence-electron chi connectivity index (χ0n) is 9.26. The second-order valence-corrected chi connectivity index (χ2v) is 4.26. The first-order chi connectivity index (χ1) is 7.83. The average Bonchev–Trinajstić information content (AvgIpc) is 2.74. The molecule has 2 aliphatic heterocycles. The topological polar surface area (TPSA) is 19.4 Å². The summed E-state index contributed by atoms with van der Waals surface area (Å²) in [5.74, 6) is 1.03. The zero-order valence-corrected chi connectivity index (χ0v) is 9.26. The molecule has 1 aromatic heterocycles. The number of hydrogen-bond donors (Lipinski definition) is 0. The van der Waals surface area contributed by atoms with Crippen molar-refractivity contribution in [3.05, 3.63) is 37.2 Å². The fourth-order valence-corrected chi connectivity index (χ4v) is 2.60. The van der Waals surface area contributed by atoms with Crippen molar-refractivity contribution in [1.29, 1.82) is 0 Å². The third-order valence-electron chi connectivity index (χ3n) is 3.42. The molecule has 3 rings (SSSR count). The Balaban J connectivity index is 2.16. The van der Waals surface area contributed by atoms with Crippen LogP contribution in [-0.4, -0.2) is 24.1 Å². The highest BCUT2D eigenvalue weighted by Crippen LogP contribution is 2.38. The van der Waals surface area contributed by atoms with E-state index in [-0.39, 0.29) is 0 Å². The van der Waals surface area contributed by atoms with Crippen molar-refractivity contribution in [2.75, 3.05) is 22.9 Å². The maximum absolute atomic E-state index is 4.62. The number of rotatable bonds is 2. The summed E-state index contributed by atoms with van der Waals surface area (Å²) < 4.78 is 0. The fourth-order valence-electron chi connectivity index (χ4n) is 2.60. The van der Waals surface area contributed by atoms with E-state index in [1.807, 2.05) is 12.3 Å². The van der Waals surface area contributed by atoms with Crippen LogP contribution in [0.2, 0.25) is 0 Å². The van der Waals surface area contributed by atoms with E-state index in [1.165, 1.54) is 12.1 Å². The lowest BCUT2D eigenvalue weighted by atomic mass is 10.2. The van der Waals surface area contributed by atoms with E-state index in [0.717, 1.165) is 24.6 Å². The molecule has 16 heavy (non-hydrogen) atoms. The molecule has 0 saturated carbocycles. The van der Waals surface area contributed by atoms with Crippen LogP contribution in [0.15, 0.2) is 31.5 Å². The molecule has 82 valence electrons. The Morgan fingerprint density at radius 3 is 3.00 bits per heavy atom. The highest BCUT2D eigenvalue weighted by atomic mass is 15.3. The monoisotopic (exact) mass is 213 g/mol. The maximum atomic E-state index is 4.62. The van der Waals surface area contributed by atoms with Gasteiger partial charge in [0.2, 0.25) is 0 Å². The van der Waals surface area contributed by atoms with Gasteiger partial charge in [-0.25, -0.2) is 4.98 Å². The zero-order chi connectivity index (χ0) is 11.1. The van der Waals surface area contributed by atoms with Crippen molar-refractivity contribution in [2.24, 2.45) is 0 Å². The van der Waals surface area contributed by atoms with E-state index in [0.29, 0.717) is 6.04 Å². The van der Waals surface area contributed by atoms with Crippen LogP contribution in [-0.2, 0) is 0 Å². The minimum atomic E-state index is 0.539. The molecule has 1 aromatic rings. The Bertz CT molecular complexity index is 452. The van der Waals surface area contributed by atoms with Crippen LogP contribution < -0.4 is 9.80 Å². The molecule has 0 aromatic carbocycles. The molecule has 3 heteroatoms. The molecule has 0 spiro atoms. The highest BCUT2D eigenvalue weighted by molar-refractivity contribution is 5.74. The molecule has 0 aliphatic carbocycles. The Labute approximate surface area is 95.7 Å². The lowest BCUT2D eigenvalue weighted by molar-refractivity contribution is 0.695. The highest BCUT2D eigenvalue weighted by Gasteiger charge is 2.35. The molecule has 1 fully saturated rings. The SMILES string of the molecule is C=Cc1ccc2c(n1)N(C=C)[C@H]1CCN2C1. The number of pyridine rings is 1. The van der Waals surface area contributed by atoms with Gasteiger partial charge in [-0.05, 0) is 30.8 Å². The summed E-state index contributed by atoms with van der Waals surface area (Å²) in [6.45, 7) is 9.87. The first-order valence-corrected chi connectivity index (χ1v) is 5.63. The van der Waals surface area contributed by atoms with Crippen LogP contribution in [0.1, 0.15) is 12.1 Å². The molecule has 0 N–H and O–H groups in total. The van der Waals surface area contributed by atoms with Crippen LogP contribution in [0, 0.1) is 0 Å².